The van der Waals surface area contributed by atoms with Crippen molar-refractivity contribution >= 4 is 78.0 Å². The Bertz CT molecular complexity index is 1700. The van der Waals surface area contributed by atoms with Gasteiger partial charge in [0.05, 0.1) is 10.6 Å². The zero-order valence-electron chi connectivity index (χ0n) is 17.9. The van der Waals surface area contributed by atoms with Crippen molar-refractivity contribution in [2.45, 2.75) is 13.8 Å². The second-order valence-electron chi connectivity index (χ2n) is 7.75. The van der Waals surface area contributed by atoms with Crippen molar-refractivity contribution in [2.24, 2.45) is 5.10 Å². The maximum atomic E-state index is 13.7. The van der Waals surface area contributed by atoms with Gasteiger partial charge in [-0.2, -0.15) is 9.69 Å². The van der Waals surface area contributed by atoms with Gasteiger partial charge in [0, 0.05) is 16.1 Å². The molecule has 0 saturated heterocycles. The Hall–Kier alpha value is -3.60. The summed E-state index contributed by atoms with van der Waals surface area (Å²) in [4.78, 5) is 37.5. The summed E-state index contributed by atoms with van der Waals surface area (Å²) >= 11 is 8.68. The number of anilines is 2. The third-order valence-corrected chi connectivity index (χ3v) is 7.59. The van der Waals surface area contributed by atoms with E-state index in [0.29, 0.717) is 25.8 Å². The number of pyridine rings is 1. The first kappa shape index (κ1) is 21.0. The Morgan fingerprint density at radius 1 is 1.12 bits per heavy atom. The van der Waals surface area contributed by atoms with Crippen molar-refractivity contribution in [3.63, 3.8) is 0 Å². The number of thiophene rings is 2. The summed E-state index contributed by atoms with van der Waals surface area (Å²) in [6.45, 7) is 3.90. The fourth-order valence-electron chi connectivity index (χ4n) is 3.91. The topological polar surface area (TPSA) is 92.5 Å². The first-order valence-electron chi connectivity index (χ1n) is 10.2. The van der Waals surface area contributed by atoms with Gasteiger partial charge in [0.2, 0.25) is 11.6 Å². The summed E-state index contributed by atoms with van der Waals surface area (Å²) in [7, 11) is 0. The molecular weight excluding hydrogens is 492 g/mol. The molecule has 1 aliphatic heterocycles. The van der Waals surface area contributed by atoms with Gasteiger partial charge in [-0.05, 0) is 61.2 Å². The number of nitrogens with one attached hydrogen (secondary N) is 1. The maximum Gasteiger partial charge on any atom is 0.292 e. The van der Waals surface area contributed by atoms with Crippen LogP contribution in [0, 0.1) is 13.8 Å². The molecule has 0 spiro atoms. The molecule has 0 bridgehead atoms. The lowest BCUT2D eigenvalue weighted by Crippen LogP contribution is -2.44. The van der Waals surface area contributed by atoms with Crippen molar-refractivity contribution in [2.75, 3.05) is 10.4 Å². The third kappa shape index (κ3) is 3.22. The number of amidine groups is 1. The van der Waals surface area contributed by atoms with Gasteiger partial charge in [-0.15, -0.1) is 27.8 Å². The van der Waals surface area contributed by atoms with E-state index in [1.807, 2.05) is 25.3 Å². The number of ketones is 1. The number of nitrogens with zero attached hydrogens (tertiary/aromatic N) is 5. The highest BCUT2D eigenvalue weighted by Crippen LogP contribution is 2.35. The molecule has 0 fully saturated rings. The van der Waals surface area contributed by atoms with Gasteiger partial charge in [0.25, 0.3) is 11.5 Å². The molecule has 168 valence electrons. The quantitative estimate of drug-likeness (QED) is 0.337. The summed E-state index contributed by atoms with van der Waals surface area (Å²) in [5.74, 6) is -0.0716. The van der Waals surface area contributed by atoms with E-state index in [4.69, 9.17) is 16.6 Å². The second-order valence-corrected chi connectivity index (χ2v) is 10.1. The average Bonchev–Trinajstić information content (AvgIpc) is 3.47. The molecule has 5 heterocycles. The lowest BCUT2D eigenvalue weighted by Gasteiger charge is -2.27. The van der Waals surface area contributed by atoms with Crippen LogP contribution in [0.1, 0.15) is 20.9 Å². The zero-order chi connectivity index (χ0) is 23.6. The Kier molecular flexibility index (Phi) is 4.76. The standard InChI is InChI=1S/C23H15ClN6O2S2/c1-11-10-12(2)25-21-16(11)17-19(34-21)22(32)30-23(26-17)29(14-7-5-13(24)6-8-14)27-20(28-30)18(31)15-4-3-9-33-15/h3-10H,1-2H3,(H,27,28). The van der Waals surface area contributed by atoms with E-state index in [1.165, 1.54) is 32.4 Å². The third-order valence-electron chi connectivity index (χ3n) is 5.41. The van der Waals surface area contributed by atoms with Crippen molar-refractivity contribution in [3.05, 3.63) is 79.4 Å². The Morgan fingerprint density at radius 3 is 2.65 bits per heavy atom. The highest BCUT2D eigenvalue weighted by molar-refractivity contribution is 7.25. The van der Waals surface area contributed by atoms with Gasteiger partial charge in [0.15, 0.2) is 0 Å². The Balaban J connectivity index is 1.63. The molecule has 0 amide bonds. The molecule has 0 unspecified atom stereocenters. The van der Waals surface area contributed by atoms with Crippen LogP contribution in [0.2, 0.25) is 5.02 Å². The number of rotatable bonds is 3. The minimum absolute atomic E-state index is 0.0133. The second kappa shape index (κ2) is 7.73. The summed E-state index contributed by atoms with van der Waals surface area (Å²) < 4.78 is 1.72. The number of carbonyl (C=O) groups is 1. The summed E-state index contributed by atoms with van der Waals surface area (Å²) in [6, 6.07) is 12.4. The fraction of sp³-hybridized carbons (Fsp3) is 0.0870. The van der Waals surface area contributed by atoms with Crippen LogP contribution in [0.25, 0.3) is 20.4 Å². The van der Waals surface area contributed by atoms with E-state index in [-0.39, 0.29) is 23.1 Å². The Morgan fingerprint density at radius 2 is 1.91 bits per heavy atom. The molecular formula is C23H15ClN6O2S2. The van der Waals surface area contributed by atoms with Crippen LogP contribution in [0.3, 0.4) is 0 Å². The number of fused-ring (bicyclic) bond motifs is 4. The number of carbonyl (C=O) groups excluding carboxylic acids is 1. The van der Waals surface area contributed by atoms with E-state index in [0.717, 1.165) is 21.5 Å². The molecule has 6 rings (SSSR count). The van der Waals surface area contributed by atoms with Gasteiger partial charge in [0.1, 0.15) is 15.0 Å². The minimum atomic E-state index is -0.328. The van der Waals surface area contributed by atoms with Gasteiger partial charge in [-0.1, -0.05) is 17.7 Å². The van der Waals surface area contributed by atoms with Crippen LogP contribution in [-0.2, 0) is 0 Å². The van der Waals surface area contributed by atoms with Crippen molar-refractivity contribution in [3.8, 4) is 0 Å². The van der Waals surface area contributed by atoms with Crippen LogP contribution in [0.15, 0.2) is 57.7 Å². The minimum Gasteiger partial charge on any atom is -0.284 e. The lowest BCUT2D eigenvalue weighted by atomic mass is 10.1. The smallest absolute Gasteiger partial charge is 0.284 e. The van der Waals surface area contributed by atoms with Crippen molar-refractivity contribution in [1.82, 2.24) is 14.6 Å². The van der Waals surface area contributed by atoms with E-state index >= 15 is 0 Å². The zero-order valence-corrected chi connectivity index (χ0v) is 20.3. The van der Waals surface area contributed by atoms with Crippen LogP contribution >= 0.6 is 34.3 Å². The van der Waals surface area contributed by atoms with E-state index in [2.05, 4.69) is 15.5 Å². The predicted octanol–water partition coefficient (Wildman–Crippen LogP) is 5.23. The van der Waals surface area contributed by atoms with Crippen LogP contribution < -0.4 is 16.0 Å². The fourth-order valence-corrected chi connectivity index (χ4v) is 5.87. The number of aryl methyl sites for hydroxylation is 2. The highest BCUT2D eigenvalue weighted by Gasteiger charge is 2.30. The van der Waals surface area contributed by atoms with Gasteiger partial charge in [-0.3, -0.25) is 15.0 Å². The first-order chi connectivity index (χ1) is 16.4. The van der Waals surface area contributed by atoms with Crippen LogP contribution in [-0.4, -0.2) is 26.3 Å². The molecule has 34 heavy (non-hydrogen) atoms. The molecule has 4 aromatic heterocycles. The average molecular weight is 507 g/mol. The molecule has 5 aromatic rings. The highest BCUT2D eigenvalue weighted by atomic mass is 35.5. The number of halogens is 1. The van der Waals surface area contributed by atoms with Crippen LogP contribution in [0.5, 0.6) is 0 Å². The van der Waals surface area contributed by atoms with Gasteiger partial charge >= 0.3 is 0 Å². The van der Waals surface area contributed by atoms with Crippen LogP contribution in [0.4, 0.5) is 11.6 Å². The normalized spacial score (nSPS) is 13.1. The first-order valence-corrected chi connectivity index (χ1v) is 12.3. The number of hydrogen-bond acceptors (Lipinski definition) is 9. The summed E-state index contributed by atoms with van der Waals surface area (Å²) in [5.41, 5.74) is 5.59. The monoisotopic (exact) mass is 506 g/mol. The molecule has 0 saturated carbocycles. The van der Waals surface area contributed by atoms with E-state index < -0.39 is 0 Å². The number of Topliss-reactive ketones (excluding diaryl/α,β-unsaturated/α-hetero) is 1. The maximum absolute atomic E-state index is 13.7. The molecule has 1 aliphatic rings. The lowest BCUT2D eigenvalue weighted by molar-refractivity contribution is 0.106. The summed E-state index contributed by atoms with van der Waals surface area (Å²) in [5, 5.41) is 9.23. The van der Waals surface area contributed by atoms with Gasteiger partial charge in [-0.25, -0.2) is 9.97 Å². The van der Waals surface area contributed by atoms with Crippen molar-refractivity contribution in [1.29, 1.82) is 0 Å². The number of aromatic nitrogens is 3. The van der Waals surface area contributed by atoms with E-state index in [1.54, 1.807) is 36.4 Å². The number of hydrogen-bond donors (Lipinski definition) is 1. The summed E-state index contributed by atoms with van der Waals surface area (Å²) in [6.07, 6.45) is 0. The largest absolute Gasteiger partial charge is 0.292 e. The molecule has 0 atom stereocenters. The molecule has 1 N–H and O–H groups in total. The molecule has 1 aromatic carbocycles. The van der Waals surface area contributed by atoms with E-state index in [9.17, 15) is 9.59 Å². The predicted molar refractivity (Wildman–Crippen MR) is 138 cm³/mol. The molecule has 11 heteroatoms. The SMILES string of the molecule is Cc1cc(C)c2c(n1)sc1c(=O)n3c(nc12)N(c1ccc(Cl)cc1)N=C(C(=O)c1cccs1)N3. The van der Waals surface area contributed by atoms with Gasteiger partial charge < -0.3 is 0 Å². The molecule has 8 nitrogen and oxygen atoms in total. The van der Waals surface area contributed by atoms with Crippen molar-refractivity contribution < 1.29 is 4.79 Å². The molecule has 0 radical (unpaired) electrons. The number of benzene rings is 1. The molecule has 0 aliphatic carbocycles. The Labute approximate surface area is 205 Å². The number of hydrazone groups is 1.